The number of halogens is 1. The molecule has 96 valence electrons. The summed E-state index contributed by atoms with van der Waals surface area (Å²) in [7, 11) is 0. The van der Waals surface area contributed by atoms with Gasteiger partial charge in [0.25, 0.3) is 0 Å². The number of aryl methyl sites for hydroxylation is 2. The van der Waals surface area contributed by atoms with E-state index in [1.54, 1.807) is 0 Å². The fraction of sp³-hybridized carbons (Fsp3) is 0.571. The number of hydrogen-bond donors (Lipinski definition) is 1. The maximum absolute atomic E-state index is 10.1. The van der Waals surface area contributed by atoms with Gasteiger partial charge in [-0.15, -0.1) is 11.6 Å². The van der Waals surface area contributed by atoms with Gasteiger partial charge in [0.2, 0.25) is 0 Å². The highest BCUT2D eigenvalue weighted by Gasteiger charge is 2.12. The average molecular weight is 257 g/mol. The number of aliphatic hydroxyl groups is 1. The van der Waals surface area contributed by atoms with Gasteiger partial charge in [-0.3, -0.25) is 0 Å². The van der Waals surface area contributed by atoms with Crippen LogP contribution in [0.3, 0.4) is 0 Å². The smallest absolute Gasteiger partial charge is 0.122 e. The van der Waals surface area contributed by atoms with Gasteiger partial charge in [0.1, 0.15) is 5.75 Å². The van der Waals surface area contributed by atoms with Crippen molar-refractivity contribution in [2.24, 2.45) is 0 Å². The van der Waals surface area contributed by atoms with E-state index in [2.05, 4.69) is 0 Å². The number of rotatable bonds is 6. The van der Waals surface area contributed by atoms with Gasteiger partial charge in [-0.05, 0) is 62.4 Å². The standard InChI is InChI=1S/C14H21ClO2/c1-4-17-14-9-10(2)12(8-11(14)3)13(16)6-5-7-15/h8-9,13,16H,4-7H2,1-3H3. The summed E-state index contributed by atoms with van der Waals surface area (Å²) in [6, 6.07) is 4.01. The Morgan fingerprint density at radius 1 is 1.29 bits per heavy atom. The first kappa shape index (κ1) is 14.3. The van der Waals surface area contributed by atoms with Crippen LogP contribution >= 0.6 is 11.6 Å². The van der Waals surface area contributed by atoms with E-state index in [9.17, 15) is 5.11 Å². The molecule has 1 aromatic rings. The van der Waals surface area contributed by atoms with E-state index in [-0.39, 0.29) is 0 Å². The second kappa shape index (κ2) is 6.87. The van der Waals surface area contributed by atoms with Crippen LogP contribution in [0.15, 0.2) is 12.1 Å². The molecule has 0 heterocycles. The Balaban J connectivity index is 2.90. The largest absolute Gasteiger partial charge is 0.494 e. The number of ether oxygens (including phenoxy) is 1. The first-order valence-electron chi connectivity index (χ1n) is 6.08. The van der Waals surface area contributed by atoms with Gasteiger partial charge < -0.3 is 9.84 Å². The molecular weight excluding hydrogens is 236 g/mol. The van der Waals surface area contributed by atoms with Crippen LogP contribution in [-0.2, 0) is 0 Å². The van der Waals surface area contributed by atoms with Gasteiger partial charge in [-0.1, -0.05) is 0 Å². The lowest BCUT2D eigenvalue weighted by Gasteiger charge is -2.16. The summed E-state index contributed by atoms with van der Waals surface area (Å²) >= 11 is 5.64. The molecule has 2 nitrogen and oxygen atoms in total. The molecule has 0 saturated heterocycles. The van der Waals surface area contributed by atoms with Crippen molar-refractivity contribution in [3.63, 3.8) is 0 Å². The molecule has 1 unspecified atom stereocenters. The molecule has 0 spiro atoms. The van der Waals surface area contributed by atoms with Crippen molar-refractivity contribution in [1.82, 2.24) is 0 Å². The summed E-state index contributed by atoms with van der Waals surface area (Å²) in [5.41, 5.74) is 3.12. The molecule has 0 fully saturated rings. The molecule has 0 aliphatic carbocycles. The van der Waals surface area contributed by atoms with Gasteiger partial charge in [0, 0.05) is 5.88 Å². The zero-order chi connectivity index (χ0) is 12.8. The molecule has 0 saturated carbocycles. The predicted molar refractivity (Wildman–Crippen MR) is 72.0 cm³/mol. The van der Waals surface area contributed by atoms with Crippen LogP contribution in [0.5, 0.6) is 5.75 Å². The first-order valence-corrected chi connectivity index (χ1v) is 6.61. The highest BCUT2D eigenvalue weighted by atomic mass is 35.5. The molecule has 0 aliphatic rings. The number of alkyl halides is 1. The third-order valence-electron chi connectivity index (χ3n) is 2.83. The normalized spacial score (nSPS) is 12.5. The second-order valence-electron chi connectivity index (χ2n) is 4.25. The van der Waals surface area contributed by atoms with Crippen molar-refractivity contribution in [1.29, 1.82) is 0 Å². The van der Waals surface area contributed by atoms with E-state index in [0.29, 0.717) is 18.9 Å². The molecule has 0 radical (unpaired) electrons. The van der Waals surface area contributed by atoms with Crippen molar-refractivity contribution >= 4 is 11.6 Å². The van der Waals surface area contributed by atoms with E-state index in [4.69, 9.17) is 16.3 Å². The van der Waals surface area contributed by atoms with Crippen LogP contribution in [0, 0.1) is 13.8 Å². The molecular formula is C14H21ClO2. The SMILES string of the molecule is CCOc1cc(C)c(C(O)CCCCl)cc1C. The first-order chi connectivity index (χ1) is 8.10. The summed E-state index contributed by atoms with van der Waals surface area (Å²) < 4.78 is 5.53. The zero-order valence-electron chi connectivity index (χ0n) is 10.8. The van der Waals surface area contributed by atoms with E-state index in [0.717, 1.165) is 28.9 Å². The number of hydrogen-bond acceptors (Lipinski definition) is 2. The van der Waals surface area contributed by atoms with Gasteiger partial charge >= 0.3 is 0 Å². The Hall–Kier alpha value is -0.730. The summed E-state index contributed by atoms with van der Waals surface area (Å²) in [5.74, 6) is 1.49. The fourth-order valence-electron chi connectivity index (χ4n) is 1.91. The fourth-order valence-corrected chi connectivity index (χ4v) is 2.06. The lowest BCUT2D eigenvalue weighted by molar-refractivity contribution is 0.166. The van der Waals surface area contributed by atoms with E-state index < -0.39 is 6.10 Å². The third kappa shape index (κ3) is 3.90. The van der Waals surface area contributed by atoms with Crippen molar-refractivity contribution in [3.05, 3.63) is 28.8 Å². The van der Waals surface area contributed by atoms with E-state index >= 15 is 0 Å². The van der Waals surface area contributed by atoms with E-state index in [1.165, 1.54) is 0 Å². The van der Waals surface area contributed by atoms with Gasteiger partial charge in [0.05, 0.1) is 12.7 Å². The van der Waals surface area contributed by atoms with Gasteiger partial charge in [-0.2, -0.15) is 0 Å². The minimum Gasteiger partial charge on any atom is -0.494 e. The van der Waals surface area contributed by atoms with Gasteiger partial charge in [0.15, 0.2) is 0 Å². The van der Waals surface area contributed by atoms with Crippen molar-refractivity contribution in [3.8, 4) is 5.75 Å². The summed E-state index contributed by atoms with van der Waals surface area (Å²) in [5, 5.41) is 10.1. The summed E-state index contributed by atoms with van der Waals surface area (Å²) in [6.07, 6.45) is 1.11. The molecule has 1 aromatic carbocycles. The Bertz CT molecular complexity index is 363. The topological polar surface area (TPSA) is 29.5 Å². The highest BCUT2D eigenvalue weighted by molar-refractivity contribution is 6.17. The van der Waals surface area contributed by atoms with E-state index in [1.807, 2.05) is 32.9 Å². The molecule has 3 heteroatoms. The summed E-state index contributed by atoms with van der Waals surface area (Å²) in [6.45, 7) is 6.63. The monoisotopic (exact) mass is 256 g/mol. The zero-order valence-corrected chi connectivity index (χ0v) is 11.5. The van der Waals surface area contributed by atoms with Crippen LogP contribution in [0.4, 0.5) is 0 Å². The number of benzene rings is 1. The lowest BCUT2D eigenvalue weighted by atomic mass is 9.97. The van der Waals surface area contributed by atoms with Crippen molar-refractivity contribution in [2.45, 2.75) is 39.7 Å². The minimum atomic E-state index is -0.428. The molecule has 1 rings (SSSR count). The van der Waals surface area contributed by atoms with Crippen molar-refractivity contribution < 1.29 is 9.84 Å². The van der Waals surface area contributed by atoms with Crippen LogP contribution in [0.2, 0.25) is 0 Å². The molecule has 17 heavy (non-hydrogen) atoms. The van der Waals surface area contributed by atoms with Crippen molar-refractivity contribution in [2.75, 3.05) is 12.5 Å². The summed E-state index contributed by atoms with van der Waals surface area (Å²) in [4.78, 5) is 0. The molecule has 1 N–H and O–H groups in total. The van der Waals surface area contributed by atoms with Crippen LogP contribution < -0.4 is 4.74 Å². The molecule has 0 amide bonds. The maximum atomic E-state index is 10.1. The Kier molecular flexibility index (Phi) is 5.79. The Morgan fingerprint density at radius 2 is 2.00 bits per heavy atom. The average Bonchev–Trinajstić information content (AvgIpc) is 2.30. The third-order valence-corrected chi connectivity index (χ3v) is 3.10. The molecule has 0 aliphatic heterocycles. The maximum Gasteiger partial charge on any atom is 0.122 e. The van der Waals surface area contributed by atoms with Crippen LogP contribution in [-0.4, -0.2) is 17.6 Å². The second-order valence-corrected chi connectivity index (χ2v) is 4.63. The quantitative estimate of drug-likeness (QED) is 0.786. The number of aliphatic hydroxyl groups excluding tert-OH is 1. The molecule has 0 bridgehead atoms. The lowest BCUT2D eigenvalue weighted by Crippen LogP contribution is -2.03. The van der Waals surface area contributed by atoms with Crippen LogP contribution in [0.25, 0.3) is 0 Å². The Morgan fingerprint density at radius 3 is 2.59 bits per heavy atom. The minimum absolute atomic E-state index is 0.428. The predicted octanol–water partition coefficient (Wildman–Crippen LogP) is 3.75. The van der Waals surface area contributed by atoms with Crippen LogP contribution in [0.1, 0.15) is 42.6 Å². The molecule has 1 atom stereocenters. The molecule has 0 aromatic heterocycles. The highest BCUT2D eigenvalue weighted by Crippen LogP contribution is 2.28. The Labute approximate surface area is 109 Å². The van der Waals surface area contributed by atoms with Gasteiger partial charge in [-0.25, -0.2) is 0 Å².